The zero-order valence-electron chi connectivity index (χ0n) is 15.8. The number of thiocarbonyl (C=S) groups is 1. The highest BCUT2D eigenvalue weighted by Crippen LogP contribution is 2.25. The van der Waals surface area contributed by atoms with Crippen LogP contribution in [-0.4, -0.2) is 35.5 Å². The van der Waals surface area contributed by atoms with Gasteiger partial charge >= 0.3 is 6.01 Å². The fraction of sp³-hybridized carbons (Fsp3) is 0.100. The van der Waals surface area contributed by atoms with E-state index in [4.69, 9.17) is 26.4 Å². The Balaban J connectivity index is 1.69. The summed E-state index contributed by atoms with van der Waals surface area (Å²) < 4.78 is 16.1. The lowest BCUT2D eigenvalue weighted by molar-refractivity contribution is 0.348. The molecule has 0 aliphatic heterocycles. The molecule has 0 radical (unpaired) electrons. The maximum absolute atomic E-state index is 5.80. The molecule has 0 saturated carbocycles. The Bertz CT molecular complexity index is 976. The first-order valence-corrected chi connectivity index (χ1v) is 8.98. The van der Waals surface area contributed by atoms with Gasteiger partial charge in [0.1, 0.15) is 5.75 Å². The van der Waals surface area contributed by atoms with Crippen LogP contribution in [0.5, 0.6) is 23.5 Å². The van der Waals surface area contributed by atoms with E-state index in [9.17, 15) is 0 Å². The van der Waals surface area contributed by atoms with Gasteiger partial charge < -0.3 is 19.5 Å². The summed E-state index contributed by atoms with van der Waals surface area (Å²) >= 11 is 5.23. The van der Waals surface area contributed by atoms with E-state index in [1.807, 2.05) is 48.5 Å². The van der Waals surface area contributed by atoms with E-state index in [0.717, 1.165) is 5.69 Å². The van der Waals surface area contributed by atoms with Gasteiger partial charge in [0, 0.05) is 11.3 Å². The van der Waals surface area contributed by atoms with Crippen molar-refractivity contribution in [2.45, 2.75) is 0 Å². The fourth-order valence-corrected chi connectivity index (χ4v) is 2.43. The fourth-order valence-electron chi connectivity index (χ4n) is 2.26. The molecule has 2 aromatic carbocycles. The number of aromatic nitrogens is 2. The van der Waals surface area contributed by atoms with Crippen LogP contribution in [0.4, 0.5) is 5.69 Å². The molecule has 0 fully saturated rings. The predicted molar refractivity (Wildman–Crippen MR) is 115 cm³/mol. The van der Waals surface area contributed by atoms with Crippen molar-refractivity contribution < 1.29 is 14.2 Å². The van der Waals surface area contributed by atoms with Crippen LogP contribution in [-0.2, 0) is 0 Å². The second-order valence-corrected chi connectivity index (χ2v) is 5.97. The Hall–Kier alpha value is -3.72. The molecule has 0 amide bonds. The third-order valence-electron chi connectivity index (χ3n) is 3.60. The number of methoxy groups -OCH3 is 2. The summed E-state index contributed by atoms with van der Waals surface area (Å²) in [5.41, 5.74) is 4.34. The Morgan fingerprint density at radius 2 is 1.62 bits per heavy atom. The van der Waals surface area contributed by atoms with Crippen molar-refractivity contribution in [3.05, 3.63) is 66.2 Å². The Labute approximate surface area is 173 Å². The molecule has 9 heteroatoms. The molecule has 0 saturated heterocycles. The first kappa shape index (κ1) is 20.0. The van der Waals surface area contributed by atoms with Crippen LogP contribution in [0.1, 0.15) is 5.56 Å². The van der Waals surface area contributed by atoms with E-state index in [-0.39, 0.29) is 6.01 Å². The molecular weight excluding hydrogens is 390 g/mol. The van der Waals surface area contributed by atoms with E-state index >= 15 is 0 Å². The van der Waals surface area contributed by atoms with Crippen LogP contribution < -0.4 is 25.0 Å². The number of benzene rings is 2. The molecule has 0 aliphatic carbocycles. The first-order chi connectivity index (χ1) is 14.2. The Morgan fingerprint density at radius 3 is 2.31 bits per heavy atom. The molecule has 8 nitrogen and oxygen atoms in total. The summed E-state index contributed by atoms with van der Waals surface area (Å²) in [7, 11) is 3.01. The van der Waals surface area contributed by atoms with Gasteiger partial charge in [0.15, 0.2) is 5.11 Å². The number of hydrogen-bond acceptors (Lipinski definition) is 7. The maximum Gasteiger partial charge on any atom is 0.328 e. The van der Waals surface area contributed by atoms with Crippen molar-refractivity contribution in [3.63, 3.8) is 0 Å². The summed E-state index contributed by atoms with van der Waals surface area (Å²) in [6.45, 7) is 0. The number of hydrogen-bond donors (Lipinski definition) is 2. The number of anilines is 1. The number of para-hydroxylation sites is 2. The van der Waals surface area contributed by atoms with Gasteiger partial charge in [-0.2, -0.15) is 15.1 Å². The lowest BCUT2D eigenvalue weighted by atomic mass is 10.2. The van der Waals surface area contributed by atoms with Crippen LogP contribution in [0, 0.1) is 0 Å². The molecule has 148 valence electrons. The van der Waals surface area contributed by atoms with Gasteiger partial charge in [0.05, 0.1) is 26.5 Å². The van der Waals surface area contributed by atoms with E-state index < -0.39 is 0 Å². The minimum Gasteiger partial charge on any atom is -0.481 e. The standard InChI is InChI=1S/C20H19N5O3S/c1-26-17-12-18(27-2)24-19(23-17)28-16-11-7-6-8-14(16)13-21-25-20(29)22-15-9-4-3-5-10-15/h3-13H,1-2H3,(H2,22,25,29)/b21-13+. The largest absolute Gasteiger partial charge is 0.481 e. The van der Waals surface area contributed by atoms with Gasteiger partial charge in [-0.05, 0) is 36.5 Å². The van der Waals surface area contributed by atoms with Crippen molar-refractivity contribution in [1.29, 1.82) is 0 Å². The quantitative estimate of drug-likeness (QED) is 0.348. The van der Waals surface area contributed by atoms with E-state index in [1.165, 1.54) is 14.2 Å². The summed E-state index contributed by atoms with van der Waals surface area (Å²) in [6.07, 6.45) is 1.59. The van der Waals surface area contributed by atoms with Gasteiger partial charge in [-0.25, -0.2) is 0 Å². The maximum atomic E-state index is 5.80. The topological polar surface area (TPSA) is 89.9 Å². The number of nitrogens with one attached hydrogen (secondary N) is 2. The molecular formula is C20H19N5O3S. The minimum atomic E-state index is 0.0938. The lowest BCUT2D eigenvalue weighted by Crippen LogP contribution is -2.23. The highest BCUT2D eigenvalue weighted by Gasteiger charge is 2.09. The molecule has 2 N–H and O–H groups in total. The van der Waals surface area contributed by atoms with Crippen molar-refractivity contribution in [1.82, 2.24) is 15.4 Å². The van der Waals surface area contributed by atoms with Gasteiger partial charge in [0.2, 0.25) is 11.8 Å². The minimum absolute atomic E-state index is 0.0938. The molecule has 0 aliphatic rings. The molecule has 3 aromatic rings. The summed E-state index contributed by atoms with van der Waals surface area (Å²) in [6, 6.07) is 18.5. The van der Waals surface area contributed by atoms with Crippen molar-refractivity contribution in [3.8, 4) is 23.5 Å². The second-order valence-electron chi connectivity index (χ2n) is 5.57. The lowest BCUT2D eigenvalue weighted by Gasteiger charge is -2.09. The summed E-state index contributed by atoms with van der Waals surface area (Å²) in [5.74, 6) is 1.17. The van der Waals surface area contributed by atoms with Gasteiger partial charge in [-0.3, -0.25) is 5.43 Å². The Kier molecular flexibility index (Phi) is 6.90. The van der Waals surface area contributed by atoms with Gasteiger partial charge in [-0.1, -0.05) is 30.3 Å². The number of rotatable bonds is 7. The van der Waals surface area contributed by atoms with Crippen molar-refractivity contribution in [2.24, 2.45) is 5.10 Å². The van der Waals surface area contributed by atoms with Crippen LogP contribution >= 0.6 is 12.2 Å². The van der Waals surface area contributed by atoms with Crippen molar-refractivity contribution in [2.75, 3.05) is 19.5 Å². The Morgan fingerprint density at radius 1 is 0.966 bits per heavy atom. The zero-order valence-corrected chi connectivity index (χ0v) is 16.6. The highest BCUT2D eigenvalue weighted by molar-refractivity contribution is 7.80. The van der Waals surface area contributed by atoms with E-state index in [2.05, 4.69) is 25.8 Å². The van der Waals surface area contributed by atoms with Crippen LogP contribution in [0.3, 0.4) is 0 Å². The molecule has 1 aromatic heterocycles. The zero-order chi connectivity index (χ0) is 20.5. The molecule has 0 unspecified atom stereocenters. The number of hydrazone groups is 1. The summed E-state index contributed by atoms with van der Waals surface area (Å²) in [5, 5.41) is 7.56. The van der Waals surface area contributed by atoms with Crippen LogP contribution in [0.2, 0.25) is 0 Å². The van der Waals surface area contributed by atoms with E-state index in [1.54, 1.807) is 18.3 Å². The third kappa shape index (κ3) is 5.88. The average molecular weight is 409 g/mol. The van der Waals surface area contributed by atoms with E-state index in [0.29, 0.717) is 28.2 Å². The smallest absolute Gasteiger partial charge is 0.328 e. The molecule has 1 heterocycles. The molecule has 3 rings (SSSR count). The summed E-state index contributed by atoms with van der Waals surface area (Å²) in [4.78, 5) is 8.33. The van der Waals surface area contributed by atoms with Gasteiger partial charge in [-0.15, -0.1) is 0 Å². The number of ether oxygens (including phenoxy) is 3. The average Bonchev–Trinajstić information content (AvgIpc) is 2.75. The first-order valence-electron chi connectivity index (χ1n) is 8.57. The highest BCUT2D eigenvalue weighted by atomic mass is 32.1. The molecule has 0 atom stereocenters. The molecule has 0 bridgehead atoms. The second kappa shape index (κ2) is 10.00. The predicted octanol–water partition coefficient (Wildman–Crippen LogP) is 3.61. The van der Waals surface area contributed by atoms with Crippen LogP contribution in [0.15, 0.2) is 65.8 Å². The van der Waals surface area contributed by atoms with Gasteiger partial charge in [0.25, 0.3) is 0 Å². The monoisotopic (exact) mass is 409 g/mol. The van der Waals surface area contributed by atoms with Crippen LogP contribution in [0.25, 0.3) is 0 Å². The third-order valence-corrected chi connectivity index (χ3v) is 3.79. The van der Waals surface area contributed by atoms with Crippen molar-refractivity contribution >= 4 is 29.2 Å². The normalized spacial score (nSPS) is 10.4. The SMILES string of the molecule is COc1cc(OC)nc(Oc2ccccc2/C=N/NC(=S)Nc2ccccc2)n1. The number of nitrogens with zero attached hydrogens (tertiary/aromatic N) is 3. The molecule has 29 heavy (non-hydrogen) atoms. The molecule has 0 spiro atoms.